The standard InChI is InChI=1S/C22H20N10/c23-5-1-18(15-4-8-31(11-15)22-26-9-14-2-6-24-20(14)30-22)32-12-16(10-29-32)19-17-3-7-25-21(17)28-13-27-19/h2-3,6-7,9-10,12-13,15,18H,1,4,8,11H2,(H,24,26,30)(H,25,27,28). The van der Waals surface area contributed by atoms with Crippen LogP contribution in [0.4, 0.5) is 5.95 Å². The molecule has 6 rings (SSSR count). The van der Waals surface area contributed by atoms with Crippen molar-refractivity contribution >= 4 is 28.0 Å². The van der Waals surface area contributed by atoms with Crippen molar-refractivity contribution < 1.29 is 0 Å². The highest BCUT2D eigenvalue weighted by atomic mass is 15.3. The van der Waals surface area contributed by atoms with E-state index in [1.54, 1.807) is 6.33 Å². The highest BCUT2D eigenvalue weighted by molar-refractivity contribution is 5.90. The fraction of sp³-hybridized carbons (Fsp3) is 0.273. The van der Waals surface area contributed by atoms with Crippen molar-refractivity contribution in [2.75, 3.05) is 18.0 Å². The predicted molar refractivity (Wildman–Crippen MR) is 119 cm³/mol. The van der Waals surface area contributed by atoms with Crippen molar-refractivity contribution in [2.45, 2.75) is 18.9 Å². The molecule has 10 nitrogen and oxygen atoms in total. The minimum Gasteiger partial charge on any atom is -0.346 e. The normalized spacial score (nSPS) is 17.2. The summed E-state index contributed by atoms with van der Waals surface area (Å²) >= 11 is 0. The van der Waals surface area contributed by atoms with E-state index in [2.05, 4.69) is 46.0 Å². The molecule has 5 aromatic rings. The fourth-order valence-corrected chi connectivity index (χ4v) is 4.58. The molecule has 2 atom stereocenters. The van der Waals surface area contributed by atoms with Gasteiger partial charge in [0.2, 0.25) is 5.95 Å². The van der Waals surface area contributed by atoms with Gasteiger partial charge in [-0.15, -0.1) is 0 Å². The van der Waals surface area contributed by atoms with E-state index in [0.29, 0.717) is 6.42 Å². The molecule has 0 spiro atoms. The molecular formula is C22H20N10. The molecule has 2 N–H and O–H groups in total. The lowest BCUT2D eigenvalue weighted by atomic mass is 9.96. The summed E-state index contributed by atoms with van der Waals surface area (Å²) in [4.78, 5) is 26.3. The van der Waals surface area contributed by atoms with E-state index in [0.717, 1.165) is 58.8 Å². The van der Waals surface area contributed by atoms with Gasteiger partial charge in [0.05, 0.1) is 30.4 Å². The van der Waals surface area contributed by atoms with Gasteiger partial charge >= 0.3 is 0 Å². The Morgan fingerprint density at radius 3 is 2.97 bits per heavy atom. The number of aromatic nitrogens is 8. The van der Waals surface area contributed by atoms with Crippen molar-refractivity contribution in [1.82, 2.24) is 39.7 Å². The van der Waals surface area contributed by atoms with Gasteiger partial charge < -0.3 is 14.9 Å². The van der Waals surface area contributed by atoms with Crippen LogP contribution in [0.2, 0.25) is 0 Å². The number of rotatable bonds is 5. The lowest BCUT2D eigenvalue weighted by Gasteiger charge is -2.22. The molecule has 1 fully saturated rings. The second kappa shape index (κ2) is 7.46. The molecule has 6 heterocycles. The Labute approximate surface area is 183 Å². The number of aromatic amines is 2. The third-order valence-corrected chi connectivity index (χ3v) is 6.21. The summed E-state index contributed by atoms with van der Waals surface area (Å²) < 4.78 is 1.92. The Bertz CT molecular complexity index is 1440. The molecule has 158 valence electrons. The molecule has 0 radical (unpaired) electrons. The maximum Gasteiger partial charge on any atom is 0.227 e. The summed E-state index contributed by atoms with van der Waals surface area (Å²) in [6, 6.07) is 6.24. The van der Waals surface area contributed by atoms with Crippen LogP contribution in [0.25, 0.3) is 33.3 Å². The molecule has 0 aliphatic carbocycles. The van der Waals surface area contributed by atoms with Gasteiger partial charge in [-0.2, -0.15) is 15.3 Å². The van der Waals surface area contributed by atoms with Crippen LogP contribution in [0.3, 0.4) is 0 Å². The molecule has 0 amide bonds. The van der Waals surface area contributed by atoms with Crippen molar-refractivity contribution in [1.29, 1.82) is 5.26 Å². The Morgan fingerprint density at radius 2 is 2.03 bits per heavy atom. The van der Waals surface area contributed by atoms with E-state index in [9.17, 15) is 5.26 Å². The molecule has 5 aromatic heterocycles. The number of fused-ring (bicyclic) bond motifs is 2. The van der Waals surface area contributed by atoms with Gasteiger partial charge in [0.25, 0.3) is 0 Å². The van der Waals surface area contributed by atoms with Crippen molar-refractivity contribution in [3.8, 4) is 17.3 Å². The van der Waals surface area contributed by atoms with Gasteiger partial charge in [-0.1, -0.05) is 0 Å². The zero-order valence-electron chi connectivity index (χ0n) is 17.2. The second-order valence-corrected chi connectivity index (χ2v) is 8.05. The number of hydrogen-bond acceptors (Lipinski definition) is 7. The van der Waals surface area contributed by atoms with Crippen molar-refractivity contribution in [3.05, 3.63) is 49.4 Å². The lowest BCUT2D eigenvalue weighted by molar-refractivity contribution is 0.332. The van der Waals surface area contributed by atoms with Crippen LogP contribution in [0, 0.1) is 17.2 Å². The maximum absolute atomic E-state index is 9.52. The van der Waals surface area contributed by atoms with E-state index < -0.39 is 0 Å². The monoisotopic (exact) mass is 424 g/mol. The summed E-state index contributed by atoms with van der Waals surface area (Å²) in [7, 11) is 0. The van der Waals surface area contributed by atoms with Gasteiger partial charge in [-0.05, 0) is 18.6 Å². The van der Waals surface area contributed by atoms with Crippen LogP contribution in [0.5, 0.6) is 0 Å². The molecule has 0 aromatic carbocycles. The molecule has 0 saturated carbocycles. The number of nitrogens with one attached hydrogen (secondary N) is 2. The smallest absolute Gasteiger partial charge is 0.227 e. The molecule has 0 bridgehead atoms. The number of anilines is 1. The van der Waals surface area contributed by atoms with Crippen molar-refractivity contribution in [2.24, 2.45) is 5.92 Å². The van der Waals surface area contributed by atoms with Crippen LogP contribution >= 0.6 is 0 Å². The Morgan fingerprint density at radius 1 is 1.12 bits per heavy atom. The van der Waals surface area contributed by atoms with Gasteiger partial charge in [-0.3, -0.25) is 4.68 Å². The van der Waals surface area contributed by atoms with Crippen LogP contribution in [0.1, 0.15) is 18.9 Å². The third-order valence-electron chi connectivity index (χ3n) is 6.21. The third kappa shape index (κ3) is 3.06. The minimum atomic E-state index is -0.0310. The topological polar surface area (TPSA) is 128 Å². The Kier molecular flexibility index (Phi) is 4.31. The first-order valence-corrected chi connectivity index (χ1v) is 10.5. The fourth-order valence-electron chi connectivity index (χ4n) is 4.58. The van der Waals surface area contributed by atoms with E-state index in [1.165, 1.54) is 0 Å². The Balaban J connectivity index is 1.27. The summed E-state index contributed by atoms with van der Waals surface area (Å²) in [6.07, 6.45) is 12.3. The molecule has 1 aliphatic rings. The molecule has 1 saturated heterocycles. The van der Waals surface area contributed by atoms with Gasteiger partial charge in [-0.25, -0.2) is 15.0 Å². The molecule has 1 aliphatic heterocycles. The quantitative estimate of drug-likeness (QED) is 0.444. The lowest BCUT2D eigenvalue weighted by Crippen LogP contribution is -2.26. The highest BCUT2D eigenvalue weighted by Crippen LogP contribution is 2.33. The summed E-state index contributed by atoms with van der Waals surface area (Å²) in [5.41, 5.74) is 3.38. The summed E-state index contributed by atoms with van der Waals surface area (Å²) in [6.45, 7) is 1.63. The summed E-state index contributed by atoms with van der Waals surface area (Å²) in [5, 5.41) is 16.1. The van der Waals surface area contributed by atoms with E-state index in [-0.39, 0.29) is 12.0 Å². The summed E-state index contributed by atoms with van der Waals surface area (Å²) in [5.74, 6) is 0.984. The van der Waals surface area contributed by atoms with Crippen LogP contribution in [-0.4, -0.2) is 52.8 Å². The van der Waals surface area contributed by atoms with E-state index in [1.807, 2.05) is 47.8 Å². The average Bonchev–Trinajstić information content (AvgIpc) is 3.62. The SMILES string of the molecule is N#CCC(C1CCN(c2ncc3cc[nH]c3n2)C1)n1cc(-c2ncnc3[nH]ccc23)cn1. The first kappa shape index (κ1) is 18.5. The molecular weight excluding hydrogens is 404 g/mol. The second-order valence-electron chi connectivity index (χ2n) is 8.05. The number of nitrogens with zero attached hydrogens (tertiary/aromatic N) is 8. The molecule has 2 unspecified atom stereocenters. The zero-order chi connectivity index (χ0) is 21.5. The predicted octanol–water partition coefficient (Wildman–Crippen LogP) is 3.07. The molecule has 32 heavy (non-hydrogen) atoms. The number of nitriles is 1. The minimum absolute atomic E-state index is 0.0310. The van der Waals surface area contributed by atoms with Crippen LogP contribution in [0.15, 0.2) is 49.4 Å². The number of H-pyrrole nitrogens is 2. The van der Waals surface area contributed by atoms with E-state index in [4.69, 9.17) is 0 Å². The average molecular weight is 424 g/mol. The van der Waals surface area contributed by atoms with E-state index >= 15 is 0 Å². The Hall–Kier alpha value is -4.26. The van der Waals surface area contributed by atoms with Crippen LogP contribution in [-0.2, 0) is 0 Å². The highest BCUT2D eigenvalue weighted by Gasteiger charge is 2.32. The first-order valence-electron chi connectivity index (χ1n) is 10.5. The molecule has 10 heteroatoms. The van der Waals surface area contributed by atoms with Crippen molar-refractivity contribution in [3.63, 3.8) is 0 Å². The first-order chi connectivity index (χ1) is 15.8. The maximum atomic E-state index is 9.52. The number of hydrogen-bond donors (Lipinski definition) is 2. The van der Waals surface area contributed by atoms with Gasteiger partial charge in [0, 0.05) is 60.1 Å². The van der Waals surface area contributed by atoms with Crippen LogP contribution < -0.4 is 4.90 Å². The largest absolute Gasteiger partial charge is 0.346 e. The zero-order valence-corrected chi connectivity index (χ0v) is 17.2. The van der Waals surface area contributed by atoms with Gasteiger partial charge in [0.15, 0.2) is 0 Å². The van der Waals surface area contributed by atoms with Gasteiger partial charge in [0.1, 0.15) is 17.6 Å².